The highest BCUT2D eigenvalue weighted by Crippen LogP contribution is 2.24. The Hall–Kier alpha value is -1.18. The molecule has 0 atom stereocenters. The van der Waals surface area contributed by atoms with Crippen LogP contribution in [0.4, 0.5) is 5.13 Å². The molecule has 0 saturated carbocycles. The van der Waals surface area contributed by atoms with Gasteiger partial charge in [0.15, 0.2) is 5.13 Å². The summed E-state index contributed by atoms with van der Waals surface area (Å²) in [5.74, 6) is 0.277. The normalized spacial score (nSPS) is 20.1. The lowest BCUT2D eigenvalue weighted by molar-refractivity contribution is -0.133. The van der Waals surface area contributed by atoms with Crippen molar-refractivity contribution in [3.05, 3.63) is 11.1 Å². The maximum atomic E-state index is 12.4. The molecule has 3 heterocycles. The van der Waals surface area contributed by atoms with Gasteiger partial charge in [-0.3, -0.25) is 9.69 Å². The zero-order chi connectivity index (χ0) is 17.9. The van der Waals surface area contributed by atoms with Crippen LogP contribution in [0.5, 0.6) is 0 Å². The van der Waals surface area contributed by atoms with E-state index >= 15 is 0 Å². The average Bonchev–Trinajstić information content (AvgIpc) is 3.03. The molecular formula is C18H30N4O2S. The van der Waals surface area contributed by atoms with Gasteiger partial charge in [0.25, 0.3) is 0 Å². The molecule has 0 N–H and O–H groups in total. The van der Waals surface area contributed by atoms with E-state index in [0.29, 0.717) is 6.42 Å². The maximum Gasteiger partial charge on any atom is 0.223 e. The summed E-state index contributed by atoms with van der Waals surface area (Å²) in [6, 6.07) is 0. The second kappa shape index (κ2) is 8.01. The SMILES string of the molecule is CC(C)(C)CC(=O)N1CCN(c2nc(CN3CCOCC3)cs2)CC1. The first-order valence-corrected chi connectivity index (χ1v) is 10.1. The van der Waals surface area contributed by atoms with E-state index in [-0.39, 0.29) is 11.3 Å². The second-order valence-electron chi connectivity index (χ2n) is 8.12. The largest absolute Gasteiger partial charge is 0.379 e. The molecule has 0 radical (unpaired) electrons. The molecule has 0 bridgehead atoms. The van der Waals surface area contributed by atoms with Crippen LogP contribution in [0.25, 0.3) is 0 Å². The summed E-state index contributed by atoms with van der Waals surface area (Å²) in [4.78, 5) is 23.9. The topological polar surface area (TPSA) is 48.9 Å². The molecule has 2 fully saturated rings. The van der Waals surface area contributed by atoms with Gasteiger partial charge in [0.1, 0.15) is 0 Å². The van der Waals surface area contributed by atoms with Gasteiger partial charge in [0.05, 0.1) is 18.9 Å². The lowest BCUT2D eigenvalue weighted by atomic mass is 9.91. The van der Waals surface area contributed by atoms with Crippen molar-refractivity contribution < 1.29 is 9.53 Å². The van der Waals surface area contributed by atoms with E-state index in [9.17, 15) is 4.79 Å². The molecule has 0 aliphatic carbocycles. The van der Waals surface area contributed by atoms with Gasteiger partial charge in [-0.2, -0.15) is 0 Å². The number of hydrogen-bond donors (Lipinski definition) is 0. The van der Waals surface area contributed by atoms with E-state index in [1.54, 1.807) is 11.3 Å². The molecule has 2 aliphatic heterocycles. The molecule has 1 aromatic heterocycles. The smallest absolute Gasteiger partial charge is 0.223 e. The van der Waals surface area contributed by atoms with Crippen LogP contribution in [0, 0.1) is 5.41 Å². The number of piperazine rings is 1. The number of nitrogens with zero attached hydrogens (tertiary/aromatic N) is 4. The van der Waals surface area contributed by atoms with Crippen molar-refractivity contribution in [2.75, 3.05) is 57.4 Å². The molecule has 2 saturated heterocycles. The first kappa shape index (κ1) is 18.6. The minimum absolute atomic E-state index is 0.0535. The quantitative estimate of drug-likeness (QED) is 0.816. The zero-order valence-corrected chi connectivity index (χ0v) is 16.5. The van der Waals surface area contributed by atoms with Gasteiger partial charge in [0.2, 0.25) is 5.91 Å². The number of carbonyl (C=O) groups is 1. The van der Waals surface area contributed by atoms with Crippen molar-refractivity contribution in [3.8, 4) is 0 Å². The molecule has 6 nitrogen and oxygen atoms in total. The highest BCUT2D eigenvalue weighted by atomic mass is 32.1. The van der Waals surface area contributed by atoms with Crippen LogP contribution in [0.2, 0.25) is 0 Å². The Morgan fingerprint density at radius 1 is 1.16 bits per heavy atom. The Kier molecular flexibility index (Phi) is 5.96. The fourth-order valence-electron chi connectivity index (χ4n) is 3.22. The standard InChI is InChI=1S/C18H30N4O2S/c1-18(2,3)12-16(23)21-4-6-22(7-5-21)17-19-15(14-25-17)13-20-8-10-24-11-9-20/h14H,4-13H2,1-3H3. The van der Waals surface area contributed by atoms with E-state index in [2.05, 4.69) is 36.0 Å². The van der Waals surface area contributed by atoms with Crippen molar-refractivity contribution in [1.82, 2.24) is 14.8 Å². The first-order chi connectivity index (χ1) is 11.9. The Balaban J connectivity index is 1.49. The summed E-state index contributed by atoms with van der Waals surface area (Å²) >= 11 is 1.72. The van der Waals surface area contributed by atoms with E-state index in [4.69, 9.17) is 9.72 Å². The maximum absolute atomic E-state index is 12.4. The predicted octanol–water partition coefficient (Wildman–Crippen LogP) is 2.06. The molecule has 0 spiro atoms. The van der Waals surface area contributed by atoms with Crippen LogP contribution in [0.15, 0.2) is 5.38 Å². The number of carbonyl (C=O) groups excluding carboxylic acids is 1. The Morgan fingerprint density at radius 2 is 1.84 bits per heavy atom. The van der Waals surface area contributed by atoms with Crippen molar-refractivity contribution in [3.63, 3.8) is 0 Å². The number of thiazole rings is 1. The van der Waals surface area contributed by atoms with Crippen molar-refractivity contribution >= 4 is 22.4 Å². The Morgan fingerprint density at radius 3 is 2.48 bits per heavy atom. The molecule has 1 amide bonds. The molecule has 25 heavy (non-hydrogen) atoms. The number of hydrogen-bond acceptors (Lipinski definition) is 6. The van der Waals surface area contributed by atoms with E-state index in [0.717, 1.165) is 69.9 Å². The van der Waals surface area contributed by atoms with Gasteiger partial charge in [-0.25, -0.2) is 4.98 Å². The number of rotatable bonds is 4. The Labute approximate surface area is 154 Å². The molecule has 140 valence electrons. The molecule has 0 unspecified atom stereocenters. The average molecular weight is 367 g/mol. The van der Waals surface area contributed by atoms with Crippen LogP contribution in [0.1, 0.15) is 32.9 Å². The van der Waals surface area contributed by atoms with Gasteiger partial charge in [0, 0.05) is 57.6 Å². The third-order valence-electron chi connectivity index (χ3n) is 4.61. The van der Waals surface area contributed by atoms with Crippen LogP contribution < -0.4 is 4.90 Å². The molecule has 1 aromatic rings. The molecule has 3 rings (SSSR count). The lowest BCUT2D eigenvalue weighted by Gasteiger charge is -2.35. The summed E-state index contributed by atoms with van der Waals surface area (Å²) in [6.45, 7) is 14.2. The van der Waals surface area contributed by atoms with E-state index in [1.807, 2.05) is 4.90 Å². The van der Waals surface area contributed by atoms with Crippen LogP contribution in [-0.2, 0) is 16.1 Å². The van der Waals surface area contributed by atoms with Crippen molar-refractivity contribution in [1.29, 1.82) is 0 Å². The molecule has 7 heteroatoms. The molecule has 2 aliphatic rings. The molecular weight excluding hydrogens is 336 g/mol. The highest BCUT2D eigenvalue weighted by molar-refractivity contribution is 7.13. The zero-order valence-electron chi connectivity index (χ0n) is 15.7. The monoisotopic (exact) mass is 366 g/mol. The number of anilines is 1. The van der Waals surface area contributed by atoms with Gasteiger partial charge < -0.3 is 14.5 Å². The summed E-state index contributed by atoms with van der Waals surface area (Å²) in [7, 11) is 0. The van der Waals surface area contributed by atoms with Crippen LogP contribution in [0.3, 0.4) is 0 Å². The first-order valence-electron chi connectivity index (χ1n) is 9.18. The van der Waals surface area contributed by atoms with Crippen molar-refractivity contribution in [2.24, 2.45) is 5.41 Å². The Bertz CT molecular complexity index is 570. The third kappa shape index (κ3) is 5.39. The fourth-order valence-corrected chi connectivity index (χ4v) is 4.09. The number of morpholine rings is 1. The highest BCUT2D eigenvalue weighted by Gasteiger charge is 2.26. The van der Waals surface area contributed by atoms with E-state index < -0.39 is 0 Å². The summed E-state index contributed by atoms with van der Waals surface area (Å²) in [5.41, 5.74) is 1.20. The van der Waals surface area contributed by atoms with E-state index in [1.165, 1.54) is 0 Å². The van der Waals surface area contributed by atoms with Gasteiger partial charge >= 0.3 is 0 Å². The third-order valence-corrected chi connectivity index (χ3v) is 5.56. The van der Waals surface area contributed by atoms with Gasteiger partial charge in [-0.05, 0) is 5.41 Å². The summed E-state index contributed by atoms with van der Waals surface area (Å²) in [5, 5.41) is 3.26. The predicted molar refractivity (Wildman–Crippen MR) is 101 cm³/mol. The number of aromatic nitrogens is 1. The summed E-state index contributed by atoms with van der Waals surface area (Å²) in [6.07, 6.45) is 0.619. The van der Waals surface area contributed by atoms with Crippen LogP contribution >= 0.6 is 11.3 Å². The van der Waals surface area contributed by atoms with Gasteiger partial charge in [-0.15, -0.1) is 11.3 Å². The van der Waals surface area contributed by atoms with Gasteiger partial charge in [-0.1, -0.05) is 20.8 Å². The second-order valence-corrected chi connectivity index (χ2v) is 8.95. The number of amides is 1. The van der Waals surface area contributed by atoms with Crippen molar-refractivity contribution in [2.45, 2.75) is 33.7 Å². The lowest BCUT2D eigenvalue weighted by Crippen LogP contribution is -2.49. The van der Waals surface area contributed by atoms with Crippen LogP contribution in [-0.4, -0.2) is 73.2 Å². The molecule has 0 aromatic carbocycles. The fraction of sp³-hybridized carbons (Fsp3) is 0.778. The number of ether oxygens (including phenoxy) is 1. The summed E-state index contributed by atoms with van der Waals surface area (Å²) < 4.78 is 5.40. The minimum Gasteiger partial charge on any atom is -0.379 e. The minimum atomic E-state index is 0.0535.